The number of carbonyl (C=O) groups excluding carboxylic acids is 2. The van der Waals surface area contributed by atoms with Gasteiger partial charge in [-0.3, -0.25) is 4.79 Å². The molecule has 5 nitrogen and oxygen atoms in total. The molecule has 0 radical (unpaired) electrons. The molecule has 0 bridgehead atoms. The van der Waals surface area contributed by atoms with Gasteiger partial charge in [0.2, 0.25) is 0 Å². The van der Waals surface area contributed by atoms with E-state index >= 15 is 0 Å². The minimum Gasteiger partial charge on any atom is -0.550 e. The quantitative estimate of drug-likeness (QED) is 0.288. The maximum absolute atomic E-state index is 11.1. The van der Waals surface area contributed by atoms with Crippen LogP contribution in [0.1, 0.15) is 78.1 Å². The predicted octanol–water partition coefficient (Wildman–Crippen LogP) is -0.797. The molecule has 0 aliphatic carbocycles. The van der Waals surface area contributed by atoms with E-state index in [1.54, 1.807) is 0 Å². The zero-order chi connectivity index (χ0) is 16.3. The Morgan fingerprint density at radius 3 is 1.77 bits per heavy atom. The van der Waals surface area contributed by atoms with Gasteiger partial charge in [0.15, 0.2) is 0 Å². The first kappa shape index (κ1) is 26.8. The molecule has 0 aromatic carbocycles. The van der Waals surface area contributed by atoms with Crippen molar-refractivity contribution >= 4 is 11.9 Å². The third-order valence-corrected chi connectivity index (χ3v) is 2.84. The summed E-state index contributed by atoms with van der Waals surface area (Å²) in [7, 11) is 0. The Hall–Kier alpha value is -0.100. The first-order valence-corrected chi connectivity index (χ1v) is 7.98. The van der Waals surface area contributed by atoms with E-state index in [9.17, 15) is 4.79 Å². The summed E-state index contributed by atoms with van der Waals surface area (Å²) in [6, 6.07) is 0. The van der Waals surface area contributed by atoms with Gasteiger partial charge in [-0.2, -0.15) is 0 Å². The van der Waals surface area contributed by atoms with Gasteiger partial charge in [0.25, 0.3) is 0 Å². The average molecular weight is 326 g/mol. The summed E-state index contributed by atoms with van der Waals surface area (Å²) in [6.45, 7) is 3.26. The number of carboxylic acids is 1. The number of unbranched alkanes of at least 4 members (excludes halogenated alkanes) is 8. The molecular weight excluding hydrogens is 295 g/mol. The molecule has 0 aromatic rings. The van der Waals surface area contributed by atoms with E-state index < -0.39 is 5.97 Å². The third-order valence-electron chi connectivity index (χ3n) is 2.84. The molecule has 0 spiro atoms. The van der Waals surface area contributed by atoms with Crippen molar-refractivity contribution in [3.05, 3.63) is 0 Å². The van der Waals surface area contributed by atoms with Crippen LogP contribution in [0.15, 0.2) is 0 Å². The Labute approximate surface area is 157 Å². The van der Waals surface area contributed by atoms with Gasteiger partial charge >= 0.3 is 35.5 Å². The number of aliphatic carboxylic acids is 1. The fraction of sp³-hybridized carbons (Fsp3) is 0.875. The fourth-order valence-electron chi connectivity index (χ4n) is 1.81. The molecule has 0 aliphatic heterocycles. The second-order valence-electron chi connectivity index (χ2n) is 5.01. The number of hydrogen-bond acceptors (Lipinski definition) is 5. The van der Waals surface area contributed by atoms with Gasteiger partial charge in [-0.1, -0.05) is 58.3 Å². The molecule has 0 aromatic heterocycles. The van der Waals surface area contributed by atoms with Crippen LogP contribution in [0.4, 0.5) is 0 Å². The normalized spacial score (nSPS) is 9.23. The molecule has 0 unspecified atom stereocenters. The Morgan fingerprint density at radius 1 is 0.955 bits per heavy atom. The third kappa shape index (κ3) is 32.0. The van der Waals surface area contributed by atoms with Crippen molar-refractivity contribution in [1.82, 2.24) is 0 Å². The number of carboxylic acid groups (broad SMARTS) is 1. The minimum atomic E-state index is -1.08. The molecular formula is C16H31NaO5. The van der Waals surface area contributed by atoms with Crippen molar-refractivity contribution in [2.24, 2.45) is 0 Å². The van der Waals surface area contributed by atoms with Crippen LogP contribution in [-0.4, -0.2) is 30.3 Å². The van der Waals surface area contributed by atoms with Crippen molar-refractivity contribution in [2.75, 3.05) is 13.2 Å². The van der Waals surface area contributed by atoms with Crippen LogP contribution in [0.25, 0.3) is 0 Å². The monoisotopic (exact) mass is 326 g/mol. The summed E-state index contributed by atoms with van der Waals surface area (Å²) < 4.78 is 4.77. The van der Waals surface area contributed by atoms with E-state index in [-0.39, 0.29) is 48.7 Å². The van der Waals surface area contributed by atoms with Crippen molar-refractivity contribution in [3.63, 3.8) is 0 Å². The van der Waals surface area contributed by atoms with Gasteiger partial charge in [-0.15, -0.1) is 0 Å². The Bertz CT molecular complexity index is 243. The van der Waals surface area contributed by atoms with Crippen LogP contribution >= 0.6 is 0 Å². The largest absolute Gasteiger partial charge is 1.00 e. The minimum absolute atomic E-state index is 0. The van der Waals surface area contributed by atoms with Gasteiger partial charge in [0, 0.05) is 12.4 Å². The Balaban J connectivity index is -0.000000640. The summed E-state index contributed by atoms with van der Waals surface area (Å²) in [6.07, 6.45) is 11.7. The number of carbonyl (C=O) groups is 2. The van der Waals surface area contributed by atoms with E-state index in [4.69, 9.17) is 19.7 Å². The van der Waals surface area contributed by atoms with Crippen molar-refractivity contribution in [2.45, 2.75) is 78.1 Å². The molecule has 0 saturated heterocycles. The van der Waals surface area contributed by atoms with Gasteiger partial charge in [-0.05, 0) is 13.3 Å². The Kier molecular flexibility index (Phi) is 28.2. The molecule has 6 heteroatoms. The summed E-state index contributed by atoms with van der Waals surface area (Å²) >= 11 is 0. The van der Waals surface area contributed by atoms with Crippen LogP contribution in [0.3, 0.4) is 0 Å². The SMILES string of the molecule is CC(=O)[O-].CCCCCCCCCCCC(=O)OCCO.[Na+]. The molecule has 0 heterocycles. The predicted molar refractivity (Wildman–Crippen MR) is 80.6 cm³/mol. The second-order valence-corrected chi connectivity index (χ2v) is 5.01. The maximum Gasteiger partial charge on any atom is 1.00 e. The zero-order valence-corrected chi connectivity index (χ0v) is 16.6. The van der Waals surface area contributed by atoms with Crippen LogP contribution < -0.4 is 34.7 Å². The summed E-state index contributed by atoms with van der Waals surface area (Å²) in [5, 5.41) is 17.4. The van der Waals surface area contributed by atoms with Gasteiger partial charge in [0.1, 0.15) is 6.61 Å². The van der Waals surface area contributed by atoms with E-state index in [1.807, 2.05) is 0 Å². The van der Waals surface area contributed by atoms with E-state index in [0.717, 1.165) is 19.8 Å². The molecule has 0 saturated carbocycles. The zero-order valence-electron chi connectivity index (χ0n) is 14.6. The maximum atomic E-state index is 11.1. The van der Waals surface area contributed by atoms with Crippen molar-refractivity contribution in [3.8, 4) is 0 Å². The molecule has 0 aliphatic rings. The summed E-state index contributed by atoms with van der Waals surface area (Å²) in [4.78, 5) is 20.0. The van der Waals surface area contributed by atoms with E-state index in [1.165, 1.54) is 44.9 Å². The Morgan fingerprint density at radius 2 is 1.36 bits per heavy atom. The topological polar surface area (TPSA) is 86.7 Å². The van der Waals surface area contributed by atoms with Crippen LogP contribution in [0, 0.1) is 0 Å². The number of aliphatic hydroxyl groups is 1. The first-order chi connectivity index (χ1) is 10.0. The van der Waals surface area contributed by atoms with E-state index in [0.29, 0.717) is 6.42 Å². The number of hydrogen-bond donors (Lipinski definition) is 1. The van der Waals surface area contributed by atoms with Crippen LogP contribution in [-0.2, 0) is 14.3 Å². The molecule has 0 rings (SSSR count). The molecule has 126 valence electrons. The van der Waals surface area contributed by atoms with Crippen molar-refractivity contribution in [1.29, 1.82) is 0 Å². The number of ether oxygens (including phenoxy) is 1. The molecule has 0 amide bonds. The standard InChI is InChI=1S/C14H28O3.C2H4O2.Na/c1-2-3-4-5-6-7-8-9-10-11-14(16)17-13-12-15;1-2(3)4;/h15H,2-13H2,1H3;1H3,(H,3,4);/q;;+1/p-1. The number of rotatable bonds is 12. The number of aliphatic hydroxyl groups excluding tert-OH is 1. The smallest absolute Gasteiger partial charge is 0.550 e. The summed E-state index contributed by atoms with van der Waals surface area (Å²) in [5.41, 5.74) is 0. The molecule has 0 fully saturated rings. The van der Waals surface area contributed by atoms with Crippen molar-refractivity contribution < 1.29 is 54.1 Å². The second kappa shape index (κ2) is 23.2. The first-order valence-electron chi connectivity index (χ1n) is 7.98. The van der Waals surface area contributed by atoms with Gasteiger partial charge < -0.3 is 19.7 Å². The number of esters is 1. The average Bonchev–Trinajstić information content (AvgIpc) is 2.42. The van der Waals surface area contributed by atoms with Gasteiger partial charge in [0.05, 0.1) is 6.61 Å². The summed E-state index contributed by atoms with van der Waals surface area (Å²) in [5.74, 6) is -1.26. The van der Waals surface area contributed by atoms with Crippen LogP contribution in [0.5, 0.6) is 0 Å². The van der Waals surface area contributed by atoms with Crippen LogP contribution in [0.2, 0.25) is 0 Å². The molecule has 0 atom stereocenters. The fourth-order valence-corrected chi connectivity index (χ4v) is 1.81. The van der Waals surface area contributed by atoms with E-state index in [2.05, 4.69) is 6.92 Å². The van der Waals surface area contributed by atoms with Gasteiger partial charge in [-0.25, -0.2) is 0 Å². The molecule has 1 N–H and O–H groups in total. The molecule has 22 heavy (non-hydrogen) atoms.